The van der Waals surface area contributed by atoms with Gasteiger partial charge in [0.25, 0.3) is 0 Å². The summed E-state index contributed by atoms with van der Waals surface area (Å²) in [6.45, 7) is 9.33. The molecule has 0 fully saturated rings. The summed E-state index contributed by atoms with van der Waals surface area (Å²) in [7, 11) is 0. The molecule has 0 radical (unpaired) electrons. The van der Waals surface area contributed by atoms with Crippen molar-refractivity contribution in [2.24, 2.45) is 0 Å². The molecule has 1 aromatic rings. The van der Waals surface area contributed by atoms with E-state index in [1.165, 1.54) is 11.3 Å². The van der Waals surface area contributed by atoms with Crippen molar-refractivity contribution < 1.29 is 14.3 Å². The van der Waals surface area contributed by atoms with Crippen LogP contribution in [0.3, 0.4) is 0 Å². The molecule has 1 amide bonds. The second kappa shape index (κ2) is 8.01. The van der Waals surface area contributed by atoms with Crippen LogP contribution in [0.15, 0.2) is 0 Å². The van der Waals surface area contributed by atoms with Gasteiger partial charge in [0.2, 0.25) is 5.91 Å². The Labute approximate surface area is 123 Å². The predicted octanol–water partition coefficient (Wildman–Crippen LogP) is 2.48. The van der Waals surface area contributed by atoms with Crippen molar-refractivity contribution in [3.63, 3.8) is 0 Å². The molecule has 0 aliphatic heterocycles. The van der Waals surface area contributed by atoms with Crippen molar-refractivity contribution in [3.05, 3.63) is 16.0 Å². The van der Waals surface area contributed by atoms with E-state index < -0.39 is 0 Å². The van der Waals surface area contributed by atoms with Crippen LogP contribution >= 0.6 is 11.3 Å². The average molecular weight is 298 g/mol. The number of anilines is 1. The summed E-state index contributed by atoms with van der Waals surface area (Å²) in [6, 6.07) is 0. The molecule has 1 rings (SSSR count). The number of amides is 1. The molecule has 0 bridgehead atoms. The fraction of sp³-hybridized carbons (Fsp3) is 0.571. The molecule has 0 atom stereocenters. The quantitative estimate of drug-likeness (QED) is 0.599. The Balaban J connectivity index is 2.81. The minimum absolute atomic E-state index is 0.0993. The van der Waals surface area contributed by atoms with Crippen LogP contribution in [0, 0.1) is 13.8 Å². The molecule has 112 valence electrons. The third-order valence-electron chi connectivity index (χ3n) is 2.90. The fourth-order valence-electron chi connectivity index (χ4n) is 1.73. The smallest absolute Gasteiger partial charge is 0.341 e. The van der Waals surface area contributed by atoms with Crippen LogP contribution in [0.5, 0.6) is 0 Å². The zero-order valence-electron chi connectivity index (χ0n) is 12.5. The standard InChI is InChI=1S/C14H22N2O3S/c1-5-15-8-7-11(17)16-13-12(14(18)19-6-2)9(3)10(4)20-13/h15H,5-8H2,1-4H3,(H,16,17). The maximum atomic E-state index is 12.0. The molecular formula is C14H22N2O3S. The molecule has 1 aromatic heterocycles. The number of carbonyl (C=O) groups excluding carboxylic acids is 2. The number of esters is 1. The van der Waals surface area contributed by atoms with Gasteiger partial charge in [0, 0.05) is 17.8 Å². The Bertz CT molecular complexity index is 483. The third-order valence-corrected chi connectivity index (χ3v) is 4.02. The van der Waals surface area contributed by atoms with Crippen LogP contribution in [0.2, 0.25) is 0 Å². The van der Waals surface area contributed by atoms with E-state index in [1.807, 2.05) is 20.8 Å². The van der Waals surface area contributed by atoms with Crippen molar-refractivity contribution in [1.82, 2.24) is 5.32 Å². The Morgan fingerprint density at radius 3 is 2.55 bits per heavy atom. The van der Waals surface area contributed by atoms with Crippen molar-refractivity contribution in [1.29, 1.82) is 0 Å². The van der Waals surface area contributed by atoms with Crippen LogP contribution in [-0.2, 0) is 9.53 Å². The third kappa shape index (κ3) is 4.31. The maximum Gasteiger partial charge on any atom is 0.341 e. The first-order chi connectivity index (χ1) is 9.51. The van der Waals surface area contributed by atoms with Crippen molar-refractivity contribution in [2.45, 2.75) is 34.1 Å². The van der Waals surface area contributed by atoms with Gasteiger partial charge in [-0.2, -0.15) is 0 Å². The van der Waals surface area contributed by atoms with Crippen LogP contribution < -0.4 is 10.6 Å². The van der Waals surface area contributed by atoms with E-state index in [9.17, 15) is 9.59 Å². The summed E-state index contributed by atoms with van der Waals surface area (Å²) in [5.74, 6) is -0.478. The Morgan fingerprint density at radius 1 is 1.25 bits per heavy atom. The molecule has 0 aliphatic rings. The van der Waals surface area contributed by atoms with Gasteiger partial charge in [-0.15, -0.1) is 11.3 Å². The molecule has 6 heteroatoms. The predicted molar refractivity (Wildman–Crippen MR) is 81.5 cm³/mol. The van der Waals surface area contributed by atoms with Crippen molar-refractivity contribution >= 4 is 28.2 Å². The average Bonchev–Trinajstić information content (AvgIpc) is 2.65. The van der Waals surface area contributed by atoms with Gasteiger partial charge in [0.15, 0.2) is 0 Å². The van der Waals surface area contributed by atoms with Gasteiger partial charge in [-0.3, -0.25) is 4.79 Å². The number of ether oxygens (including phenoxy) is 1. The summed E-state index contributed by atoms with van der Waals surface area (Å²) in [5, 5.41) is 6.48. The SMILES string of the molecule is CCNCCC(=O)Nc1sc(C)c(C)c1C(=O)OCC. The number of hydrogen-bond acceptors (Lipinski definition) is 5. The van der Waals surface area contributed by atoms with Gasteiger partial charge in [0.1, 0.15) is 5.00 Å². The monoisotopic (exact) mass is 298 g/mol. The number of thiophene rings is 1. The largest absolute Gasteiger partial charge is 0.462 e. The summed E-state index contributed by atoms with van der Waals surface area (Å²) < 4.78 is 5.05. The summed E-state index contributed by atoms with van der Waals surface area (Å²) >= 11 is 1.41. The van der Waals surface area contributed by atoms with E-state index in [1.54, 1.807) is 6.92 Å². The van der Waals surface area contributed by atoms with Crippen molar-refractivity contribution in [3.8, 4) is 0 Å². The lowest BCUT2D eigenvalue weighted by Gasteiger charge is -2.07. The Kier molecular flexibility index (Phi) is 6.67. The highest BCUT2D eigenvalue weighted by molar-refractivity contribution is 7.16. The zero-order chi connectivity index (χ0) is 15.1. The van der Waals surface area contributed by atoms with E-state index in [4.69, 9.17) is 4.74 Å². The highest BCUT2D eigenvalue weighted by atomic mass is 32.1. The van der Waals surface area contributed by atoms with E-state index in [-0.39, 0.29) is 11.9 Å². The van der Waals surface area contributed by atoms with Gasteiger partial charge >= 0.3 is 5.97 Å². The number of hydrogen-bond donors (Lipinski definition) is 2. The molecule has 0 aliphatic carbocycles. The molecule has 0 aromatic carbocycles. The zero-order valence-corrected chi connectivity index (χ0v) is 13.3. The molecule has 20 heavy (non-hydrogen) atoms. The van der Waals surface area contributed by atoms with Gasteiger partial charge in [-0.1, -0.05) is 6.92 Å². The highest BCUT2D eigenvalue weighted by Crippen LogP contribution is 2.33. The molecule has 0 saturated carbocycles. The van der Waals surface area contributed by atoms with Crippen molar-refractivity contribution in [2.75, 3.05) is 25.0 Å². The van der Waals surface area contributed by atoms with Crippen LogP contribution in [0.4, 0.5) is 5.00 Å². The van der Waals surface area contributed by atoms with E-state index in [0.717, 1.165) is 17.0 Å². The molecule has 0 spiro atoms. The van der Waals surface area contributed by atoms with Gasteiger partial charge in [-0.25, -0.2) is 4.79 Å². The molecule has 5 nitrogen and oxygen atoms in total. The first kappa shape index (κ1) is 16.7. The molecule has 2 N–H and O–H groups in total. The minimum Gasteiger partial charge on any atom is -0.462 e. The second-order valence-corrected chi connectivity index (χ2v) is 5.58. The number of aryl methyl sites for hydroxylation is 1. The first-order valence-corrected chi connectivity index (χ1v) is 7.60. The Morgan fingerprint density at radius 2 is 1.95 bits per heavy atom. The minimum atomic E-state index is -0.378. The number of carbonyl (C=O) groups is 2. The van der Waals surface area contributed by atoms with Gasteiger partial charge in [-0.05, 0) is 32.9 Å². The highest BCUT2D eigenvalue weighted by Gasteiger charge is 2.21. The lowest BCUT2D eigenvalue weighted by atomic mass is 10.1. The van der Waals surface area contributed by atoms with Crippen LogP contribution in [0.1, 0.15) is 41.1 Å². The summed E-state index contributed by atoms with van der Waals surface area (Å²) in [6.07, 6.45) is 0.381. The number of rotatable bonds is 7. The summed E-state index contributed by atoms with van der Waals surface area (Å²) in [4.78, 5) is 24.8. The summed E-state index contributed by atoms with van der Waals surface area (Å²) in [5.41, 5.74) is 1.35. The van der Waals surface area contributed by atoms with Gasteiger partial charge in [0.05, 0.1) is 12.2 Å². The molecular weight excluding hydrogens is 276 g/mol. The maximum absolute atomic E-state index is 12.0. The van der Waals surface area contributed by atoms with Gasteiger partial charge < -0.3 is 15.4 Å². The lowest BCUT2D eigenvalue weighted by Crippen LogP contribution is -2.22. The molecule has 0 unspecified atom stereocenters. The fourth-order valence-corrected chi connectivity index (χ4v) is 2.80. The van der Waals surface area contributed by atoms with Crippen LogP contribution in [0.25, 0.3) is 0 Å². The first-order valence-electron chi connectivity index (χ1n) is 6.78. The van der Waals surface area contributed by atoms with Crippen LogP contribution in [-0.4, -0.2) is 31.6 Å². The second-order valence-electron chi connectivity index (χ2n) is 4.36. The molecule has 1 heterocycles. The van der Waals surface area contributed by atoms with E-state index in [2.05, 4.69) is 10.6 Å². The van der Waals surface area contributed by atoms with E-state index >= 15 is 0 Å². The lowest BCUT2D eigenvalue weighted by molar-refractivity contribution is -0.116. The van der Waals surface area contributed by atoms with E-state index in [0.29, 0.717) is 30.1 Å². The molecule has 0 saturated heterocycles. The normalized spacial score (nSPS) is 10.4. The number of nitrogens with one attached hydrogen (secondary N) is 2. The topological polar surface area (TPSA) is 67.4 Å². The Hall–Kier alpha value is -1.40.